The first kappa shape index (κ1) is 15.6. The number of benzene rings is 1. The Morgan fingerprint density at radius 2 is 2.20 bits per heavy atom. The predicted octanol–water partition coefficient (Wildman–Crippen LogP) is 2.36. The molecule has 1 aliphatic rings. The lowest BCUT2D eigenvalue weighted by Crippen LogP contribution is -2.39. The van der Waals surface area contributed by atoms with Gasteiger partial charge < -0.3 is 5.73 Å². The van der Waals surface area contributed by atoms with Crippen LogP contribution in [0, 0.1) is 5.82 Å². The van der Waals surface area contributed by atoms with E-state index in [1.165, 1.54) is 12.1 Å². The molecule has 0 aromatic heterocycles. The molecule has 0 spiro atoms. The molecule has 112 valence electrons. The minimum atomic E-state index is -3.84. The van der Waals surface area contributed by atoms with E-state index in [2.05, 4.69) is 4.72 Å². The predicted molar refractivity (Wildman–Crippen MR) is 80.7 cm³/mol. The van der Waals surface area contributed by atoms with Gasteiger partial charge in [0.15, 0.2) is 0 Å². The van der Waals surface area contributed by atoms with Crippen molar-refractivity contribution in [3.63, 3.8) is 0 Å². The Balaban J connectivity index is 2.18. The molecular formula is C13H19FN2O2S2. The Kier molecular flexibility index (Phi) is 4.93. The highest BCUT2D eigenvalue weighted by atomic mass is 32.2. The van der Waals surface area contributed by atoms with Gasteiger partial charge in [0.1, 0.15) is 10.7 Å². The van der Waals surface area contributed by atoms with E-state index in [1.807, 2.05) is 6.92 Å². The minimum absolute atomic E-state index is 0.123. The van der Waals surface area contributed by atoms with Gasteiger partial charge in [-0.1, -0.05) is 13.3 Å². The first-order valence-electron chi connectivity index (χ1n) is 6.63. The van der Waals surface area contributed by atoms with Gasteiger partial charge in [0.2, 0.25) is 10.0 Å². The molecule has 7 heteroatoms. The molecule has 2 unspecified atom stereocenters. The van der Waals surface area contributed by atoms with Crippen molar-refractivity contribution in [2.24, 2.45) is 0 Å². The summed E-state index contributed by atoms with van der Waals surface area (Å²) in [5.74, 6) is 0.134. The monoisotopic (exact) mass is 318 g/mol. The molecule has 0 amide bonds. The fourth-order valence-electron chi connectivity index (χ4n) is 2.47. The summed E-state index contributed by atoms with van der Waals surface area (Å²) >= 11 is 1.75. The summed E-state index contributed by atoms with van der Waals surface area (Å²) in [4.78, 5) is -0.334. The quantitative estimate of drug-likeness (QED) is 0.818. The van der Waals surface area contributed by atoms with Gasteiger partial charge in [-0.05, 0) is 36.8 Å². The van der Waals surface area contributed by atoms with Crippen LogP contribution in [-0.4, -0.2) is 25.5 Å². The normalized spacial score (nSPS) is 23.1. The van der Waals surface area contributed by atoms with E-state index in [0.717, 1.165) is 31.1 Å². The number of hydrogen-bond acceptors (Lipinski definition) is 4. The molecule has 0 heterocycles. The summed E-state index contributed by atoms with van der Waals surface area (Å²) in [5.41, 5.74) is 5.65. The van der Waals surface area contributed by atoms with Gasteiger partial charge in [0, 0.05) is 17.0 Å². The van der Waals surface area contributed by atoms with Gasteiger partial charge in [-0.3, -0.25) is 0 Å². The number of thioether (sulfide) groups is 1. The second-order valence-corrected chi connectivity index (χ2v) is 8.04. The molecule has 0 radical (unpaired) electrons. The minimum Gasteiger partial charge on any atom is -0.399 e. The third kappa shape index (κ3) is 3.45. The molecule has 2 rings (SSSR count). The van der Waals surface area contributed by atoms with Crippen molar-refractivity contribution < 1.29 is 12.8 Å². The number of rotatable bonds is 5. The standard InChI is InChI=1S/C13H19FN2O2S2/c1-2-19-12-5-3-4-11(12)16-20(17,18)13-7-6-9(15)8-10(13)14/h6-8,11-12,16H,2-5,15H2,1H3. The maximum absolute atomic E-state index is 13.8. The summed E-state index contributed by atoms with van der Waals surface area (Å²) in [5, 5.41) is 0.270. The Morgan fingerprint density at radius 1 is 1.45 bits per heavy atom. The maximum Gasteiger partial charge on any atom is 0.243 e. The van der Waals surface area contributed by atoms with Crippen molar-refractivity contribution in [2.45, 2.75) is 42.4 Å². The Bertz CT molecular complexity index is 578. The summed E-state index contributed by atoms with van der Waals surface area (Å²) in [6.45, 7) is 2.05. The molecule has 1 aromatic rings. The number of nitrogen functional groups attached to an aromatic ring is 1. The van der Waals surface area contributed by atoms with Crippen molar-refractivity contribution in [1.29, 1.82) is 0 Å². The summed E-state index contributed by atoms with van der Waals surface area (Å²) in [7, 11) is -3.84. The highest BCUT2D eigenvalue weighted by molar-refractivity contribution is 8.00. The molecule has 20 heavy (non-hydrogen) atoms. The van der Waals surface area contributed by atoms with Crippen LogP contribution >= 0.6 is 11.8 Å². The Hall–Kier alpha value is -0.790. The molecule has 1 fully saturated rings. The highest BCUT2D eigenvalue weighted by Gasteiger charge is 2.32. The lowest BCUT2D eigenvalue weighted by atomic mass is 10.3. The van der Waals surface area contributed by atoms with Crippen molar-refractivity contribution in [1.82, 2.24) is 4.72 Å². The van der Waals surface area contributed by atoms with Crippen molar-refractivity contribution in [3.05, 3.63) is 24.0 Å². The van der Waals surface area contributed by atoms with Gasteiger partial charge in [0.05, 0.1) is 0 Å². The van der Waals surface area contributed by atoms with Crippen molar-refractivity contribution in [2.75, 3.05) is 11.5 Å². The van der Waals surface area contributed by atoms with E-state index in [-0.39, 0.29) is 21.9 Å². The third-order valence-electron chi connectivity index (χ3n) is 3.39. The molecule has 0 aliphatic heterocycles. The number of anilines is 1. The zero-order chi connectivity index (χ0) is 14.8. The molecule has 4 nitrogen and oxygen atoms in total. The number of halogens is 1. The van der Waals surface area contributed by atoms with Gasteiger partial charge in [-0.25, -0.2) is 17.5 Å². The van der Waals surface area contributed by atoms with Gasteiger partial charge in [-0.15, -0.1) is 0 Å². The third-order valence-corrected chi connectivity index (χ3v) is 6.23. The average Bonchev–Trinajstić information content (AvgIpc) is 2.76. The average molecular weight is 318 g/mol. The second-order valence-electron chi connectivity index (χ2n) is 4.84. The zero-order valence-electron chi connectivity index (χ0n) is 11.3. The van der Waals surface area contributed by atoms with Crippen LogP contribution in [0.2, 0.25) is 0 Å². The molecule has 1 aromatic carbocycles. The van der Waals surface area contributed by atoms with E-state index in [4.69, 9.17) is 5.73 Å². The molecule has 1 saturated carbocycles. The maximum atomic E-state index is 13.8. The van der Waals surface area contributed by atoms with Crippen LogP contribution in [0.1, 0.15) is 26.2 Å². The molecule has 1 aliphatic carbocycles. The molecule has 0 bridgehead atoms. The largest absolute Gasteiger partial charge is 0.399 e. The van der Waals surface area contributed by atoms with Crippen LogP contribution in [0.5, 0.6) is 0 Å². The van der Waals surface area contributed by atoms with Crippen molar-refractivity contribution >= 4 is 27.5 Å². The van der Waals surface area contributed by atoms with Crippen LogP contribution in [-0.2, 0) is 10.0 Å². The summed E-state index contributed by atoms with van der Waals surface area (Å²) in [6.07, 6.45) is 2.79. The SMILES string of the molecule is CCSC1CCCC1NS(=O)(=O)c1ccc(N)cc1F. The van der Waals surface area contributed by atoms with E-state index < -0.39 is 15.8 Å². The zero-order valence-corrected chi connectivity index (χ0v) is 12.9. The van der Waals surface area contributed by atoms with E-state index in [9.17, 15) is 12.8 Å². The summed E-state index contributed by atoms with van der Waals surface area (Å²) in [6, 6.07) is 3.51. The summed E-state index contributed by atoms with van der Waals surface area (Å²) < 4.78 is 40.9. The number of nitrogens with one attached hydrogen (secondary N) is 1. The van der Waals surface area contributed by atoms with Crippen LogP contribution < -0.4 is 10.5 Å². The Labute approximate surface area is 123 Å². The fourth-order valence-corrected chi connectivity index (χ4v) is 5.13. The van der Waals surface area contributed by atoms with Crippen molar-refractivity contribution in [3.8, 4) is 0 Å². The van der Waals surface area contributed by atoms with Gasteiger partial charge >= 0.3 is 0 Å². The van der Waals surface area contributed by atoms with E-state index in [0.29, 0.717) is 0 Å². The smallest absolute Gasteiger partial charge is 0.243 e. The van der Waals surface area contributed by atoms with Crippen LogP contribution in [0.3, 0.4) is 0 Å². The Morgan fingerprint density at radius 3 is 2.85 bits per heavy atom. The van der Waals surface area contributed by atoms with E-state index >= 15 is 0 Å². The molecular weight excluding hydrogens is 299 g/mol. The van der Waals surface area contributed by atoms with E-state index in [1.54, 1.807) is 11.8 Å². The number of nitrogens with two attached hydrogens (primary N) is 1. The lowest BCUT2D eigenvalue weighted by Gasteiger charge is -2.20. The van der Waals surface area contributed by atoms with Crippen LogP contribution in [0.15, 0.2) is 23.1 Å². The molecule has 2 atom stereocenters. The first-order chi connectivity index (χ1) is 9.44. The highest BCUT2D eigenvalue weighted by Crippen LogP contribution is 2.31. The second kappa shape index (κ2) is 6.32. The topological polar surface area (TPSA) is 72.2 Å². The first-order valence-corrected chi connectivity index (χ1v) is 9.16. The number of hydrogen-bond donors (Lipinski definition) is 2. The molecule has 3 N–H and O–H groups in total. The van der Waals surface area contributed by atoms with Crippen LogP contribution in [0.4, 0.5) is 10.1 Å². The fraction of sp³-hybridized carbons (Fsp3) is 0.538. The molecule has 0 saturated heterocycles. The van der Waals surface area contributed by atoms with Crippen LogP contribution in [0.25, 0.3) is 0 Å². The van der Waals surface area contributed by atoms with Gasteiger partial charge in [0.25, 0.3) is 0 Å². The lowest BCUT2D eigenvalue weighted by molar-refractivity contribution is 0.539. The van der Waals surface area contributed by atoms with Gasteiger partial charge in [-0.2, -0.15) is 11.8 Å². The number of sulfonamides is 1.